The lowest BCUT2D eigenvalue weighted by Gasteiger charge is -2.15. The number of aliphatic hydroxyl groups is 2. The van der Waals surface area contributed by atoms with Crippen molar-refractivity contribution in [1.29, 1.82) is 0 Å². The minimum atomic E-state index is -0.922. The number of carboxylic acid groups (broad SMARTS) is 1. The van der Waals surface area contributed by atoms with Crippen molar-refractivity contribution in [3.63, 3.8) is 0 Å². The van der Waals surface area contributed by atoms with Crippen molar-refractivity contribution in [3.8, 4) is 11.8 Å². The summed E-state index contributed by atoms with van der Waals surface area (Å²) < 4.78 is 0. The number of benzene rings is 2. The van der Waals surface area contributed by atoms with Crippen LogP contribution in [0.1, 0.15) is 24.8 Å². The van der Waals surface area contributed by atoms with Gasteiger partial charge in [-0.2, -0.15) is 0 Å². The molecule has 1 aliphatic carbocycles. The van der Waals surface area contributed by atoms with Crippen molar-refractivity contribution >= 4 is 16.7 Å². The minimum Gasteiger partial charge on any atom is -0.481 e. The predicted octanol–water partition coefficient (Wildman–Crippen LogP) is 2.61. The summed E-state index contributed by atoms with van der Waals surface area (Å²) in [5, 5.41) is 31.4. The van der Waals surface area contributed by atoms with Crippen LogP contribution < -0.4 is 0 Å². The molecule has 130 valence electrons. The highest BCUT2D eigenvalue weighted by Crippen LogP contribution is 2.34. The number of carboxylic acids is 1. The first-order chi connectivity index (χ1) is 12.0. The Kier molecular flexibility index (Phi) is 5.37. The zero-order valence-corrected chi connectivity index (χ0v) is 13.9. The Morgan fingerprint density at radius 3 is 2.68 bits per heavy atom. The van der Waals surface area contributed by atoms with Crippen molar-refractivity contribution in [3.05, 3.63) is 48.0 Å². The fraction of sp³-hybridized carbons (Fsp3) is 0.381. The van der Waals surface area contributed by atoms with Gasteiger partial charge in [0.2, 0.25) is 0 Å². The molecule has 4 heteroatoms. The lowest BCUT2D eigenvalue weighted by molar-refractivity contribution is -0.139. The molecule has 1 aliphatic rings. The predicted molar refractivity (Wildman–Crippen MR) is 95.9 cm³/mol. The SMILES string of the molecule is O=C(O)C[C@@H]1[C@H](O)CC[C@H]1C#CC(O)Cc1ccc2ccccc2c1. The molecule has 0 radical (unpaired) electrons. The Bertz CT molecular complexity index is 817. The van der Waals surface area contributed by atoms with Crippen LogP contribution in [0.3, 0.4) is 0 Å². The van der Waals surface area contributed by atoms with Crippen LogP contribution in [0.15, 0.2) is 42.5 Å². The molecule has 0 bridgehead atoms. The van der Waals surface area contributed by atoms with E-state index in [2.05, 4.69) is 11.8 Å². The van der Waals surface area contributed by atoms with Gasteiger partial charge in [0, 0.05) is 18.3 Å². The van der Waals surface area contributed by atoms with Crippen molar-refractivity contribution in [1.82, 2.24) is 0 Å². The van der Waals surface area contributed by atoms with E-state index < -0.39 is 18.2 Å². The van der Waals surface area contributed by atoms with Crippen molar-refractivity contribution in [2.24, 2.45) is 11.8 Å². The lowest BCUT2D eigenvalue weighted by atomic mass is 9.91. The van der Waals surface area contributed by atoms with Gasteiger partial charge in [0.1, 0.15) is 6.10 Å². The molecule has 2 aromatic carbocycles. The third-order valence-electron chi connectivity index (χ3n) is 4.87. The van der Waals surface area contributed by atoms with E-state index in [4.69, 9.17) is 5.11 Å². The van der Waals surface area contributed by atoms with Crippen LogP contribution in [0.25, 0.3) is 10.8 Å². The van der Waals surface area contributed by atoms with Gasteiger partial charge in [-0.15, -0.1) is 0 Å². The van der Waals surface area contributed by atoms with E-state index in [0.717, 1.165) is 16.3 Å². The second-order valence-electron chi connectivity index (χ2n) is 6.70. The van der Waals surface area contributed by atoms with E-state index in [1.807, 2.05) is 42.5 Å². The zero-order valence-electron chi connectivity index (χ0n) is 13.9. The van der Waals surface area contributed by atoms with Gasteiger partial charge in [-0.25, -0.2) is 0 Å². The molecule has 1 saturated carbocycles. The molecule has 2 aromatic rings. The monoisotopic (exact) mass is 338 g/mol. The Hall–Kier alpha value is -2.35. The first-order valence-electron chi connectivity index (χ1n) is 8.59. The molecule has 3 N–H and O–H groups in total. The van der Waals surface area contributed by atoms with E-state index in [0.29, 0.717) is 19.3 Å². The molecule has 0 heterocycles. The van der Waals surface area contributed by atoms with Gasteiger partial charge in [0.25, 0.3) is 0 Å². The molecular weight excluding hydrogens is 316 g/mol. The molecule has 0 saturated heterocycles. The Morgan fingerprint density at radius 2 is 1.92 bits per heavy atom. The summed E-state index contributed by atoms with van der Waals surface area (Å²) in [7, 11) is 0. The van der Waals surface area contributed by atoms with E-state index in [9.17, 15) is 15.0 Å². The van der Waals surface area contributed by atoms with Gasteiger partial charge < -0.3 is 15.3 Å². The highest BCUT2D eigenvalue weighted by molar-refractivity contribution is 5.83. The molecule has 0 aliphatic heterocycles. The summed E-state index contributed by atoms with van der Waals surface area (Å²) in [6.45, 7) is 0. The van der Waals surface area contributed by atoms with Gasteiger partial charge in [0.15, 0.2) is 0 Å². The van der Waals surface area contributed by atoms with Crippen molar-refractivity contribution in [2.75, 3.05) is 0 Å². The average molecular weight is 338 g/mol. The van der Waals surface area contributed by atoms with Crippen LogP contribution in [0.2, 0.25) is 0 Å². The normalized spacial score (nSPS) is 23.8. The summed E-state index contributed by atoms with van der Waals surface area (Å²) in [5.41, 5.74) is 1.01. The quantitative estimate of drug-likeness (QED) is 0.749. The number of fused-ring (bicyclic) bond motifs is 1. The van der Waals surface area contributed by atoms with Crippen LogP contribution in [0.4, 0.5) is 0 Å². The largest absolute Gasteiger partial charge is 0.481 e. The van der Waals surface area contributed by atoms with Gasteiger partial charge in [0.05, 0.1) is 12.5 Å². The summed E-state index contributed by atoms with van der Waals surface area (Å²) >= 11 is 0. The molecule has 0 amide bonds. The number of hydrogen-bond acceptors (Lipinski definition) is 3. The molecule has 0 aromatic heterocycles. The minimum absolute atomic E-state index is 0.0821. The number of aliphatic carboxylic acids is 1. The van der Waals surface area contributed by atoms with Crippen LogP contribution in [-0.2, 0) is 11.2 Å². The molecule has 0 spiro atoms. The van der Waals surface area contributed by atoms with E-state index in [-0.39, 0.29) is 18.3 Å². The standard InChI is InChI=1S/C21H22O4/c22-18(9-7-16-8-10-20(23)19(16)13-21(24)25)12-14-5-6-15-3-1-2-4-17(15)11-14/h1-6,11,16,18-20,22-23H,8,10,12-13H2,(H,24,25)/t16-,18?,19+,20-/m1/s1. The molecule has 1 fully saturated rings. The molecule has 25 heavy (non-hydrogen) atoms. The summed E-state index contributed by atoms with van der Waals surface area (Å²) in [6, 6.07) is 14.1. The third-order valence-corrected chi connectivity index (χ3v) is 4.87. The topological polar surface area (TPSA) is 77.8 Å². The number of rotatable bonds is 4. The Balaban J connectivity index is 1.66. The fourth-order valence-corrected chi connectivity index (χ4v) is 3.55. The van der Waals surface area contributed by atoms with Crippen molar-refractivity contribution in [2.45, 2.75) is 37.9 Å². The first kappa shape index (κ1) is 17.5. The molecular formula is C21H22O4. The number of carbonyl (C=O) groups is 1. The van der Waals surface area contributed by atoms with Gasteiger partial charge in [-0.3, -0.25) is 4.79 Å². The lowest BCUT2D eigenvalue weighted by Crippen LogP contribution is -2.22. The maximum absolute atomic E-state index is 10.9. The van der Waals surface area contributed by atoms with Gasteiger partial charge in [-0.05, 0) is 29.2 Å². The Morgan fingerprint density at radius 1 is 1.16 bits per heavy atom. The summed E-state index contributed by atoms with van der Waals surface area (Å²) in [6.07, 6.45) is 0.169. The van der Waals surface area contributed by atoms with Gasteiger partial charge in [-0.1, -0.05) is 54.3 Å². The first-order valence-corrected chi connectivity index (χ1v) is 8.59. The van der Waals surface area contributed by atoms with E-state index in [1.165, 1.54) is 0 Å². The van der Waals surface area contributed by atoms with Gasteiger partial charge >= 0.3 is 5.97 Å². The maximum Gasteiger partial charge on any atom is 0.303 e. The summed E-state index contributed by atoms with van der Waals surface area (Å²) in [4.78, 5) is 10.9. The highest BCUT2D eigenvalue weighted by atomic mass is 16.4. The second-order valence-corrected chi connectivity index (χ2v) is 6.70. The Labute approximate surface area is 147 Å². The third kappa shape index (κ3) is 4.39. The van der Waals surface area contributed by atoms with Crippen LogP contribution in [-0.4, -0.2) is 33.5 Å². The smallest absolute Gasteiger partial charge is 0.303 e. The van der Waals surface area contributed by atoms with Crippen LogP contribution >= 0.6 is 0 Å². The number of hydrogen-bond donors (Lipinski definition) is 3. The molecule has 4 nitrogen and oxygen atoms in total. The summed E-state index contributed by atoms with van der Waals surface area (Å²) in [5.74, 6) is 4.41. The molecule has 3 rings (SSSR count). The van der Waals surface area contributed by atoms with E-state index >= 15 is 0 Å². The molecule has 4 atom stereocenters. The number of aliphatic hydroxyl groups excluding tert-OH is 2. The maximum atomic E-state index is 10.9. The van der Waals surface area contributed by atoms with Crippen molar-refractivity contribution < 1.29 is 20.1 Å². The van der Waals surface area contributed by atoms with Crippen LogP contribution in [0.5, 0.6) is 0 Å². The van der Waals surface area contributed by atoms with Crippen LogP contribution in [0, 0.1) is 23.7 Å². The average Bonchev–Trinajstić information content (AvgIpc) is 2.92. The zero-order chi connectivity index (χ0) is 17.8. The highest BCUT2D eigenvalue weighted by Gasteiger charge is 2.35. The second kappa shape index (κ2) is 7.69. The fourth-order valence-electron chi connectivity index (χ4n) is 3.55. The van der Waals surface area contributed by atoms with E-state index in [1.54, 1.807) is 0 Å². The molecule has 1 unspecified atom stereocenters.